The monoisotopic (exact) mass is 379 g/mol. The Kier molecular flexibility index (Phi) is 4.90. The first-order chi connectivity index (χ1) is 13.2. The number of hydrogen-bond acceptors (Lipinski definition) is 4. The van der Waals surface area contributed by atoms with Crippen LogP contribution in [0.1, 0.15) is 21.6 Å². The molecule has 1 aliphatic rings. The summed E-state index contributed by atoms with van der Waals surface area (Å²) in [6, 6.07) is 16.3. The number of carbonyl (C=O) groups excluding carboxylic acids is 1. The van der Waals surface area contributed by atoms with Gasteiger partial charge in [0, 0.05) is 29.6 Å². The van der Waals surface area contributed by atoms with E-state index in [1.807, 2.05) is 31.3 Å². The molecule has 27 heavy (non-hydrogen) atoms. The summed E-state index contributed by atoms with van der Waals surface area (Å²) in [7, 11) is 1.87. The Hall–Kier alpha value is -2.73. The molecule has 5 nitrogen and oxygen atoms in total. The first kappa shape index (κ1) is 17.7. The lowest BCUT2D eigenvalue weighted by atomic mass is 10.0. The first-order valence-corrected chi connectivity index (χ1v) is 10.1. The van der Waals surface area contributed by atoms with Crippen LogP contribution in [0.3, 0.4) is 0 Å². The molecular weight excluding hydrogens is 358 g/mol. The summed E-state index contributed by atoms with van der Waals surface area (Å²) < 4.78 is 7.58. The molecule has 138 valence electrons. The number of aromatic nitrogens is 2. The van der Waals surface area contributed by atoms with Gasteiger partial charge in [0.05, 0.1) is 5.69 Å². The third-order valence-electron chi connectivity index (χ3n) is 4.73. The summed E-state index contributed by atoms with van der Waals surface area (Å²) in [5, 5.41) is 7.45. The number of nitrogens with zero attached hydrogens (tertiary/aromatic N) is 2. The van der Waals surface area contributed by atoms with Crippen LogP contribution in [-0.2, 0) is 20.1 Å². The predicted molar refractivity (Wildman–Crippen MR) is 107 cm³/mol. The van der Waals surface area contributed by atoms with Gasteiger partial charge in [-0.15, -0.1) is 11.8 Å². The van der Waals surface area contributed by atoms with E-state index < -0.39 is 0 Å². The number of rotatable bonds is 5. The molecule has 0 saturated heterocycles. The van der Waals surface area contributed by atoms with Gasteiger partial charge in [-0.3, -0.25) is 9.48 Å². The van der Waals surface area contributed by atoms with Crippen molar-refractivity contribution in [3.05, 3.63) is 65.4 Å². The van der Waals surface area contributed by atoms with Gasteiger partial charge < -0.3 is 10.1 Å². The van der Waals surface area contributed by atoms with Crippen LogP contribution in [0.25, 0.3) is 11.3 Å². The van der Waals surface area contributed by atoms with Gasteiger partial charge in [0.25, 0.3) is 5.91 Å². The second-order valence-corrected chi connectivity index (χ2v) is 7.32. The molecule has 0 aliphatic carbocycles. The average molecular weight is 379 g/mol. The zero-order chi connectivity index (χ0) is 18.8. The Morgan fingerprint density at radius 3 is 2.78 bits per heavy atom. The van der Waals surface area contributed by atoms with Crippen molar-refractivity contribution < 1.29 is 9.53 Å². The van der Waals surface area contributed by atoms with Gasteiger partial charge in [0.2, 0.25) is 0 Å². The fourth-order valence-corrected chi connectivity index (χ4v) is 3.77. The van der Waals surface area contributed by atoms with E-state index in [1.54, 1.807) is 16.4 Å². The molecule has 4 rings (SSSR count). The van der Waals surface area contributed by atoms with Crippen LogP contribution in [-0.4, -0.2) is 28.5 Å². The molecule has 2 aromatic carbocycles. The lowest BCUT2D eigenvalue weighted by molar-refractivity contribution is 0.0946. The van der Waals surface area contributed by atoms with Gasteiger partial charge in [0.1, 0.15) is 12.4 Å². The normalized spacial score (nSPS) is 12.1. The average Bonchev–Trinajstić information content (AvgIpc) is 3.05. The van der Waals surface area contributed by atoms with Crippen LogP contribution in [0.2, 0.25) is 0 Å². The summed E-state index contributed by atoms with van der Waals surface area (Å²) in [5.41, 5.74) is 4.42. The van der Waals surface area contributed by atoms with Crippen LogP contribution < -0.4 is 10.1 Å². The first-order valence-electron chi connectivity index (χ1n) is 8.86. The number of carbonyl (C=O) groups is 1. The van der Waals surface area contributed by atoms with E-state index in [2.05, 4.69) is 40.9 Å². The molecule has 1 N–H and O–H groups in total. The number of ether oxygens (including phenoxy) is 1. The number of amides is 1. The molecule has 6 heteroatoms. The molecule has 0 radical (unpaired) electrons. The van der Waals surface area contributed by atoms with Crippen molar-refractivity contribution in [2.24, 2.45) is 7.05 Å². The topological polar surface area (TPSA) is 56.2 Å². The van der Waals surface area contributed by atoms with E-state index in [1.165, 1.54) is 10.5 Å². The molecule has 0 unspecified atom stereocenters. The number of nitrogens with one attached hydrogen (secondary N) is 1. The van der Waals surface area contributed by atoms with E-state index >= 15 is 0 Å². The highest BCUT2D eigenvalue weighted by molar-refractivity contribution is 7.98. The summed E-state index contributed by atoms with van der Waals surface area (Å²) >= 11 is 1.72. The zero-order valence-electron chi connectivity index (χ0n) is 15.4. The number of benzene rings is 2. The molecule has 0 saturated carbocycles. The van der Waals surface area contributed by atoms with Gasteiger partial charge in [0.15, 0.2) is 5.69 Å². The predicted octanol–water partition coefficient (Wildman–Crippen LogP) is 3.67. The molecule has 3 aromatic rings. The van der Waals surface area contributed by atoms with Crippen molar-refractivity contribution in [2.45, 2.75) is 17.9 Å². The number of hydrogen-bond donors (Lipinski definition) is 1. The third kappa shape index (κ3) is 3.45. The number of para-hydroxylation sites is 1. The minimum Gasteiger partial charge on any atom is -0.488 e. The van der Waals surface area contributed by atoms with E-state index in [0.717, 1.165) is 29.0 Å². The maximum Gasteiger partial charge on any atom is 0.272 e. The zero-order valence-corrected chi connectivity index (χ0v) is 16.2. The van der Waals surface area contributed by atoms with Crippen LogP contribution >= 0.6 is 11.8 Å². The highest BCUT2D eigenvalue weighted by Crippen LogP contribution is 2.38. The van der Waals surface area contributed by atoms with Gasteiger partial charge in [-0.1, -0.05) is 24.3 Å². The standard InChI is InChI=1S/C21H21N3O2S/c1-24-20-16-5-3-4-6-18(16)26-13-17(20)19(23-24)21(25)22-12-11-14-7-9-15(27-2)10-8-14/h3-10H,11-13H2,1-2H3,(H,22,25). The Labute approximate surface area is 162 Å². The summed E-state index contributed by atoms with van der Waals surface area (Å²) in [4.78, 5) is 13.9. The Morgan fingerprint density at radius 2 is 2.00 bits per heavy atom. The molecule has 0 atom stereocenters. The maximum atomic E-state index is 12.7. The molecule has 1 aliphatic heterocycles. The van der Waals surface area contributed by atoms with E-state index in [-0.39, 0.29) is 5.91 Å². The van der Waals surface area contributed by atoms with Crippen molar-refractivity contribution in [1.82, 2.24) is 15.1 Å². The summed E-state index contributed by atoms with van der Waals surface area (Å²) in [6.07, 6.45) is 2.85. The van der Waals surface area contributed by atoms with Gasteiger partial charge in [-0.05, 0) is 42.5 Å². The van der Waals surface area contributed by atoms with Crippen LogP contribution in [0.15, 0.2) is 53.4 Å². The summed E-state index contributed by atoms with van der Waals surface area (Å²) in [6.45, 7) is 0.930. The van der Waals surface area contributed by atoms with E-state index in [9.17, 15) is 4.79 Å². The third-order valence-corrected chi connectivity index (χ3v) is 5.48. The SMILES string of the molecule is CSc1ccc(CCNC(=O)c2nn(C)c3c2COc2ccccc2-3)cc1. The minimum absolute atomic E-state index is 0.157. The molecule has 0 fully saturated rings. The van der Waals surface area contributed by atoms with Gasteiger partial charge in [-0.2, -0.15) is 5.10 Å². The highest BCUT2D eigenvalue weighted by atomic mass is 32.2. The van der Waals surface area contributed by atoms with Gasteiger partial charge >= 0.3 is 0 Å². The van der Waals surface area contributed by atoms with E-state index in [4.69, 9.17) is 4.74 Å². The Bertz CT molecular complexity index is 980. The van der Waals surface area contributed by atoms with Crippen molar-refractivity contribution >= 4 is 17.7 Å². The lowest BCUT2D eigenvalue weighted by Gasteiger charge is -2.18. The lowest BCUT2D eigenvalue weighted by Crippen LogP contribution is -2.27. The fraction of sp³-hybridized carbons (Fsp3) is 0.238. The smallest absolute Gasteiger partial charge is 0.272 e. The number of thioether (sulfide) groups is 1. The summed E-state index contributed by atoms with van der Waals surface area (Å²) in [5.74, 6) is 0.671. The molecule has 2 heterocycles. The Morgan fingerprint density at radius 1 is 1.22 bits per heavy atom. The quantitative estimate of drug-likeness (QED) is 0.687. The molecule has 0 bridgehead atoms. The fourth-order valence-electron chi connectivity index (χ4n) is 3.36. The Balaban J connectivity index is 1.47. The van der Waals surface area contributed by atoms with Crippen molar-refractivity contribution in [3.63, 3.8) is 0 Å². The number of aryl methyl sites for hydroxylation is 1. The molecule has 1 amide bonds. The maximum absolute atomic E-state index is 12.7. The minimum atomic E-state index is -0.157. The largest absolute Gasteiger partial charge is 0.488 e. The van der Waals surface area contributed by atoms with Crippen molar-refractivity contribution in [3.8, 4) is 17.0 Å². The van der Waals surface area contributed by atoms with Crippen molar-refractivity contribution in [2.75, 3.05) is 12.8 Å². The van der Waals surface area contributed by atoms with Crippen LogP contribution in [0, 0.1) is 0 Å². The molecular formula is C21H21N3O2S. The second kappa shape index (κ2) is 7.48. The van der Waals surface area contributed by atoms with Crippen LogP contribution in [0.4, 0.5) is 0 Å². The second-order valence-electron chi connectivity index (χ2n) is 6.44. The van der Waals surface area contributed by atoms with Crippen LogP contribution in [0.5, 0.6) is 5.75 Å². The number of fused-ring (bicyclic) bond motifs is 3. The van der Waals surface area contributed by atoms with Gasteiger partial charge in [-0.25, -0.2) is 0 Å². The molecule has 0 spiro atoms. The van der Waals surface area contributed by atoms with E-state index in [0.29, 0.717) is 18.8 Å². The van der Waals surface area contributed by atoms with Crippen molar-refractivity contribution in [1.29, 1.82) is 0 Å². The molecule has 1 aromatic heterocycles. The highest BCUT2D eigenvalue weighted by Gasteiger charge is 2.27.